The average Bonchev–Trinajstić information content (AvgIpc) is 3.42. The van der Waals surface area contributed by atoms with Crippen molar-refractivity contribution in [2.75, 3.05) is 24.6 Å². The number of hydrogen-bond acceptors (Lipinski definition) is 8. The fourth-order valence-corrected chi connectivity index (χ4v) is 5.34. The van der Waals surface area contributed by atoms with Crippen LogP contribution in [0.3, 0.4) is 0 Å². The van der Waals surface area contributed by atoms with Gasteiger partial charge in [-0.1, -0.05) is 27.7 Å². The summed E-state index contributed by atoms with van der Waals surface area (Å²) >= 11 is 0. The number of azo groups is 3. The summed E-state index contributed by atoms with van der Waals surface area (Å²) in [5.41, 5.74) is 5.20. The van der Waals surface area contributed by atoms with Crippen molar-refractivity contribution in [3.8, 4) is 5.75 Å². The predicted molar refractivity (Wildman–Crippen MR) is 183 cm³/mol. The summed E-state index contributed by atoms with van der Waals surface area (Å²) in [6.45, 7) is 9.88. The second-order valence-electron chi connectivity index (χ2n) is 13.2. The minimum Gasteiger partial charge on any atom is -0.494 e. The predicted octanol–water partition coefficient (Wildman–Crippen LogP) is 12.6. The molecule has 0 aromatic heterocycles. The van der Waals surface area contributed by atoms with Crippen LogP contribution in [0.5, 0.6) is 5.75 Å². The van der Waals surface area contributed by atoms with E-state index in [-0.39, 0.29) is 13.0 Å². The molecule has 0 spiro atoms. The van der Waals surface area contributed by atoms with E-state index >= 15 is 0 Å². The summed E-state index contributed by atoms with van der Waals surface area (Å²) in [5, 5.41) is 25.8. The molecule has 1 aliphatic rings. The number of rotatable bonds is 12. The molecule has 4 aromatic rings. The number of hydrogen-bond donors (Lipinski definition) is 0. The molecule has 0 bridgehead atoms. The van der Waals surface area contributed by atoms with E-state index in [2.05, 4.69) is 58.4 Å². The summed E-state index contributed by atoms with van der Waals surface area (Å²) in [4.78, 5) is 1.68. The molecule has 5 rings (SSSR count). The van der Waals surface area contributed by atoms with Crippen LogP contribution in [0, 0.1) is 11.3 Å². The van der Waals surface area contributed by atoms with Gasteiger partial charge in [-0.3, -0.25) is 0 Å². The van der Waals surface area contributed by atoms with Gasteiger partial charge in [-0.05, 0) is 121 Å². The lowest BCUT2D eigenvalue weighted by atomic mass is 9.84. The molecule has 0 amide bonds. The van der Waals surface area contributed by atoms with Gasteiger partial charge in [-0.25, -0.2) is 8.78 Å². The van der Waals surface area contributed by atoms with E-state index in [9.17, 15) is 8.78 Å². The Morgan fingerprint density at radius 2 is 1.04 bits per heavy atom. The van der Waals surface area contributed by atoms with Crippen molar-refractivity contribution in [2.45, 2.75) is 52.9 Å². The molecule has 0 saturated carbocycles. The van der Waals surface area contributed by atoms with E-state index in [0.29, 0.717) is 52.9 Å². The molecular formula is C37H41F2N7O. The van der Waals surface area contributed by atoms with E-state index in [1.807, 2.05) is 48.5 Å². The topological polar surface area (TPSA) is 86.6 Å². The number of ether oxygens (including phenoxy) is 1. The molecular weight excluding hydrogens is 596 g/mol. The van der Waals surface area contributed by atoms with Crippen LogP contribution in [0.15, 0.2) is 128 Å². The van der Waals surface area contributed by atoms with Gasteiger partial charge in [0.25, 0.3) is 5.92 Å². The molecule has 1 unspecified atom stereocenters. The lowest BCUT2D eigenvalue weighted by Crippen LogP contribution is -2.24. The van der Waals surface area contributed by atoms with Crippen LogP contribution >= 0.6 is 0 Å². The van der Waals surface area contributed by atoms with Crippen molar-refractivity contribution >= 4 is 39.8 Å². The Morgan fingerprint density at radius 3 is 1.40 bits per heavy atom. The van der Waals surface area contributed by atoms with Crippen LogP contribution in [-0.2, 0) is 0 Å². The maximum Gasteiger partial charge on any atom is 0.266 e. The Bertz CT molecular complexity index is 1660. The zero-order valence-electron chi connectivity index (χ0n) is 27.4. The maximum atomic E-state index is 13.5. The highest BCUT2D eigenvalue weighted by molar-refractivity contribution is 5.54. The second-order valence-corrected chi connectivity index (χ2v) is 13.2. The third kappa shape index (κ3) is 10.9. The highest BCUT2D eigenvalue weighted by Crippen LogP contribution is 2.32. The molecule has 244 valence electrons. The van der Waals surface area contributed by atoms with Crippen molar-refractivity contribution in [2.24, 2.45) is 42.0 Å². The van der Waals surface area contributed by atoms with E-state index in [1.54, 1.807) is 53.4 Å². The first-order valence-electron chi connectivity index (χ1n) is 15.9. The van der Waals surface area contributed by atoms with Crippen molar-refractivity contribution in [3.63, 3.8) is 0 Å². The molecule has 0 N–H and O–H groups in total. The summed E-state index contributed by atoms with van der Waals surface area (Å²) in [6.07, 6.45) is 2.09. The summed E-state index contributed by atoms with van der Waals surface area (Å²) < 4.78 is 32.9. The zero-order valence-corrected chi connectivity index (χ0v) is 27.4. The third-order valence-electron chi connectivity index (χ3n) is 7.60. The van der Waals surface area contributed by atoms with Crippen LogP contribution < -0.4 is 9.64 Å². The molecule has 1 heterocycles. The van der Waals surface area contributed by atoms with Gasteiger partial charge in [0.2, 0.25) is 0 Å². The van der Waals surface area contributed by atoms with Crippen LogP contribution in [0.25, 0.3) is 0 Å². The van der Waals surface area contributed by atoms with Crippen molar-refractivity contribution in [3.05, 3.63) is 97.1 Å². The Morgan fingerprint density at radius 1 is 0.660 bits per heavy atom. The van der Waals surface area contributed by atoms with Crippen LogP contribution in [0.2, 0.25) is 0 Å². The third-order valence-corrected chi connectivity index (χ3v) is 7.60. The Hall–Kier alpha value is -4.86. The molecule has 10 heteroatoms. The number of alkyl halides is 2. The van der Waals surface area contributed by atoms with Gasteiger partial charge in [0.05, 0.1) is 47.3 Å². The van der Waals surface area contributed by atoms with E-state index in [4.69, 9.17) is 4.74 Å². The lowest BCUT2D eigenvalue weighted by Gasteiger charge is -2.23. The molecule has 1 fully saturated rings. The van der Waals surface area contributed by atoms with Crippen LogP contribution in [0.1, 0.15) is 47.0 Å². The van der Waals surface area contributed by atoms with Gasteiger partial charge in [-0.2, -0.15) is 30.7 Å². The van der Waals surface area contributed by atoms with Gasteiger partial charge >= 0.3 is 0 Å². The minimum absolute atomic E-state index is 0.117. The Balaban J connectivity index is 1.06. The molecule has 47 heavy (non-hydrogen) atoms. The monoisotopic (exact) mass is 637 g/mol. The molecule has 1 saturated heterocycles. The Labute approximate surface area is 275 Å². The molecule has 4 aromatic carbocycles. The number of halogens is 2. The standard InChI is InChI=1S/C37H41F2N7O/c1-27(25-36(2,3)4)21-24-47-35-19-15-33(16-20-35)45-43-31-11-7-29(8-12-31)41-40-28-5-9-30(10-6-28)42-44-32-13-17-34(18-14-32)46-23-22-37(38,39)26-46/h5-20,27H,21-26H2,1-4H3. The quantitative estimate of drug-likeness (QED) is 0.145. The Kier molecular flexibility index (Phi) is 10.8. The molecule has 0 aliphatic carbocycles. The highest BCUT2D eigenvalue weighted by atomic mass is 19.3. The molecule has 1 atom stereocenters. The number of anilines is 1. The molecule has 1 aliphatic heterocycles. The lowest BCUT2D eigenvalue weighted by molar-refractivity contribution is 0.0257. The normalized spacial score (nSPS) is 15.7. The maximum absolute atomic E-state index is 13.5. The minimum atomic E-state index is -2.63. The van der Waals surface area contributed by atoms with Crippen molar-refractivity contribution in [1.29, 1.82) is 0 Å². The van der Waals surface area contributed by atoms with Gasteiger partial charge in [-0.15, -0.1) is 0 Å². The van der Waals surface area contributed by atoms with Gasteiger partial charge < -0.3 is 9.64 Å². The van der Waals surface area contributed by atoms with Crippen molar-refractivity contribution < 1.29 is 13.5 Å². The van der Waals surface area contributed by atoms with E-state index in [1.165, 1.54) is 6.42 Å². The fourth-order valence-electron chi connectivity index (χ4n) is 5.34. The number of nitrogens with zero attached hydrogens (tertiary/aromatic N) is 7. The van der Waals surface area contributed by atoms with Crippen molar-refractivity contribution in [1.82, 2.24) is 0 Å². The first-order chi connectivity index (χ1) is 22.5. The van der Waals surface area contributed by atoms with Crippen LogP contribution in [-0.4, -0.2) is 25.6 Å². The van der Waals surface area contributed by atoms with Gasteiger partial charge in [0.15, 0.2) is 0 Å². The molecule has 0 radical (unpaired) electrons. The zero-order chi connectivity index (χ0) is 33.3. The average molecular weight is 638 g/mol. The van der Waals surface area contributed by atoms with E-state index in [0.717, 1.165) is 23.5 Å². The second kappa shape index (κ2) is 15.2. The summed E-state index contributed by atoms with van der Waals surface area (Å²) in [6, 6.07) is 29.3. The summed E-state index contributed by atoms with van der Waals surface area (Å²) in [7, 11) is 0. The van der Waals surface area contributed by atoms with Gasteiger partial charge in [0, 0.05) is 18.7 Å². The van der Waals surface area contributed by atoms with Gasteiger partial charge in [0.1, 0.15) is 5.75 Å². The first-order valence-corrected chi connectivity index (χ1v) is 15.9. The SMILES string of the molecule is CC(CCOc1ccc(N=Nc2ccc(N=Nc3ccc(N=Nc4ccc(N5CCC(F)(F)C5)cc4)cc3)cc2)cc1)CC(C)(C)C. The summed E-state index contributed by atoms with van der Waals surface area (Å²) in [5.74, 6) is -1.18. The number of benzene rings is 4. The largest absolute Gasteiger partial charge is 0.494 e. The fraction of sp³-hybridized carbons (Fsp3) is 0.351. The highest BCUT2D eigenvalue weighted by Gasteiger charge is 2.38. The first kappa shape index (κ1) is 33.5. The smallest absolute Gasteiger partial charge is 0.266 e. The van der Waals surface area contributed by atoms with E-state index < -0.39 is 5.92 Å². The van der Waals surface area contributed by atoms with Crippen LogP contribution in [0.4, 0.5) is 48.6 Å². The molecule has 8 nitrogen and oxygen atoms in total.